The Balaban J connectivity index is 1.90. The molecule has 3 rings (SSSR count). The summed E-state index contributed by atoms with van der Waals surface area (Å²) in [4.78, 5) is 8.81. The van der Waals surface area contributed by atoms with Crippen molar-refractivity contribution >= 4 is 5.82 Å². The van der Waals surface area contributed by atoms with Crippen LogP contribution in [0.4, 0.5) is 5.82 Å². The molecule has 1 aromatic heterocycles. The molecule has 1 aromatic carbocycles. The van der Waals surface area contributed by atoms with Crippen LogP contribution in [-0.2, 0) is 19.3 Å². The number of nitrogen functional groups attached to an aromatic ring is 1. The van der Waals surface area contributed by atoms with Crippen molar-refractivity contribution in [3.8, 4) is 11.6 Å². The Kier molecular flexibility index (Phi) is 3.78. The summed E-state index contributed by atoms with van der Waals surface area (Å²) in [7, 11) is 0. The first-order chi connectivity index (χ1) is 10.2. The Morgan fingerprint density at radius 1 is 1.19 bits per heavy atom. The van der Waals surface area contributed by atoms with Gasteiger partial charge in [0.05, 0.1) is 5.56 Å². The van der Waals surface area contributed by atoms with Gasteiger partial charge in [0.25, 0.3) is 0 Å². The van der Waals surface area contributed by atoms with Crippen LogP contribution < -0.4 is 10.5 Å². The highest BCUT2D eigenvalue weighted by Crippen LogP contribution is 2.30. The van der Waals surface area contributed by atoms with E-state index in [2.05, 4.69) is 29.0 Å². The molecule has 110 valence electrons. The molecule has 0 radical (unpaired) electrons. The zero-order chi connectivity index (χ0) is 14.8. The first-order valence-corrected chi connectivity index (χ1v) is 7.60. The number of aryl methyl sites for hydroxylation is 3. The van der Waals surface area contributed by atoms with E-state index >= 15 is 0 Å². The van der Waals surface area contributed by atoms with Crippen molar-refractivity contribution in [2.75, 3.05) is 5.73 Å². The SMILES string of the molecule is CCCc1nc(N)c(C)c(Oc2ccc3c(c2)CCC3)n1. The van der Waals surface area contributed by atoms with Crippen LogP contribution in [0.5, 0.6) is 11.6 Å². The van der Waals surface area contributed by atoms with E-state index in [1.165, 1.54) is 24.0 Å². The lowest BCUT2D eigenvalue weighted by molar-refractivity contribution is 0.454. The van der Waals surface area contributed by atoms with Gasteiger partial charge in [-0.25, -0.2) is 4.98 Å². The van der Waals surface area contributed by atoms with Crippen molar-refractivity contribution in [3.05, 3.63) is 40.7 Å². The van der Waals surface area contributed by atoms with Crippen molar-refractivity contribution in [1.82, 2.24) is 9.97 Å². The lowest BCUT2D eigenvalue weighted by Crippen LogP contribution is -2.05. The Morgan fingerprint density at radius 3 is 2.81 bits per heavy atom. The quantitative estimate of drug-likeness (QED) is 0.931. The van der Waals surface area contributed by atoms with Crippen LogP contribution in [0.3, 0.4) is 0 Å². The topological polar surface area (TPSA) is 61.0 Å². The summed E-state index contributed by atoms with van der Waals surface area (Å²) in [6, 6.07) is 6.30. The van der Waals surface area contributed by atoms with Gasteiger partial charge >= 0.3 is 0 Å². The molecule has 0 unspecified atom stereocenters. The highest BCUT2D eigenvalue weighted by molar-refractivity contribution is 5.47. The third-order valence-corrected chi connectivity index (χ3v) is 3.94. The maximum absolute atomic E-state index is 5.97. The summed E-state index contributed by atoms with van der Waals surface area (Å²) >= 11 is 0. The average molecular weight is 283 g/mol. The molecular weight excluding hydrogens is 262 g/mol. The van der Waals surface area contributed by atoms with E-state index in [-0.39, 0.29) is 0 Å². The second kappa shape index (κ2) is 5.72. The van der Waals surface area contributed by atoms with Crippen LogP contribution >= 0.6 is 0 Å². The van der Waals surface area contributed by atoms with Gasteiger partial charge in [0.2, 0.25) is 5.88 Å². The third kappa shape index (κ3) is 2.84. The van der Waals surface area contributed by atoms with Gasteiger partial charge in [-0.15, -0.1) is 0 Å². The smallest absolute Gasteiger partial charge is 0.227 e. The van der Waals surface area contributed by atoms with Gasteiger partial charge in [0.15, 0.2) is 0 Å². The van der Waals surface area contributed by atoms with Gasteiger partial charge in [0, 0.05) is 6.42 Å². The maximum Gasteiger partial charge on any atom is 0.227 e. The molecular formula is C17H21N3O. The zero-order valence-electron chi connectivity index (χ0n) is 12.6. The minimum atomic E-state index is 0.504. The van der Waals surface area contributed by atoms with E-state index < -0.39 is 0 Å². The minimum absolute atomic E-state index is 0.504. The minimum Gasteiger partial charge on any atom is -0.439 e. The zero-order valence-corrected chi connectivity index (χ0v) is 12.6. The van der Waals surface area contributed by atoms with Gasteiger partial charge < -0.3 is 10.5 Å². The maximum atomic E-state index is 5.97. The van der Waals surface area contributed by atoms with E-state index in [0.717, 1.165) is 36.4 Å². The summed E-state index contributed by atoms with van der Waals surface area (Å²) in [5.41, 5.74) is 9.59. The second-order valence-electron chi connectivity index (χ2n) is 5.59. The Bertz CT molecular complexity index is 667. The van der Waals surface area contributed by atoms with E-state index in [1.54, 1.807) is 0 Å². The molecule has 4 heteroatoms. The highest BCUT2D eigenvalue weighted by atomic mass is 16.5. The molecule has 0 atom stereocenters. The molecule has 0 saturated carbocycles. The van der Waals surface area contributed by atoms with E-state index in [0.29, 0.717) is 11.7 Å². The van der Waals surface area contributed by atoms with E-state index in [1.807, 2.05) is 13.0 Å². The van der Waals surface area contributed by atoms with Gasteiger partial charge in [0.1, 0.15) is 17.4 Å². The van der Waals surface area contributed by atoms with Gasteiger partial charge in [-0.3, -0.25) is 0 Å². The summed E-state index contributed by atoms with van der Waals surface area (Å²) < 4.78 is 5.97. The number of hydrogen-bond donors (Lipinski definition) is 1. The van der Waals surface area contributed by atoms with Gasteiger partial charge in [-0.2, -0.15) is 4.98 Å². The van der Waals surface area contributed by atoms with Crippen LogP contribution in [0.25, 0.3) is 0 Å². The van der Waals surface area contributed by atoms with Crippen molar-refractivity contribution in [3.63, 3.8) is 0 Å². The van der Waals surface area contributed by atoms with Gasteiger partial charge in [-0.05, 0) is 55.9 Å². The van der Waals surface area contributed by atoms with E-state index in [4.69, 9.17) is 10.5 Å². The molecule has 21 heavy (non-hydrogen) atoms. The Morgan fingerprint density at radius 2 is 2.00 bits per heavy atom. The summed E-state index contributed by atoms with van der Waals surface area (Å²) in [6.07, 6.45) is 5.35. The molecule has 4 nitrogen and oxygen atoms in total. The number of aromatic nitrogens is 2. The third-order valence-electron chi connectivity index (χ3n) is 3.94. The molecule has 1 heterocycles. The number of rotatable bonds is 4. The molecule has 0 spiro atoms. The van der Waals surface area contributed by atoms with Crippen LogP contribution in [0.1, 0.15) is 42.3 Å². The molecule has 2 N–H and O–H groups in total. The van der Waals surface area contributed by atoms with Crippen molar-refractivity contribution in [2.24, 2.45) is 0 Å². The lowest BCUT2D eigenvalue weighted by Gasteiger charge is -2.11. The van der Waals surface area contributed by atoms with Crippen LogP contribution in [0.15, 0.2) is 18.2 Å². The molecule has 0 aliphatic heterocycles. The van der Waals surface area contributed by atoms with Gasteiger partial charge in [-0.1, -0.05) is 13.0 Å². The number of fused-ring (bicyclic) bond motifs is 1. The molecule has 0 saturated heterocycles. The number of benzene rings is 1. The predicted molar refractivity (Wildman–Crippen MR) is 83.7 cm³/mol. The van der Waals surface area contributed by atoms with Crippen molar-refractivity contribution < 1.29 is 4.74 Å². The Hall–Kier alpha value is -2.10. The number of nitrogens with two attached hydrogens (primary N) is 1. The first kappa shape index (κ1) is 13.9. The molecule has 0 amide bonds. The van der Waals surface area contributed by atoms with Crippen LogP contribution in [0, 0.1) is 6.92 Å². The fraction of sp³-hybridized carbons (Fsp3) is 0.412. The largest absolute Gasteiger partial charge is 0.439 e. The molecule has 1 aliphatic carbocycles. The standard InChI is InChI=1S/C17H21N3O/c1-3-5-15-19-16(18)11(2)17(20-15)21-14-9-8-12-6-4-7-13(12)10-14/h8-10H,3-7H2,1-2H3,(H2,18,19,20). The first-order valence-electron chi connectivity index (χ1n) is 7.60. The van der Waals surface area contributed by atoms with Crippen molar-refractivity contribution in [1.29, 1.82) is 0 Å². The van der Waals surface area contributed by atoms with E-state index in [9.17, 15) is 0 Å². The normalized spacial score (nSPS) is 13.2. The molecule has 2 aromatic rings. The fourth-order valence-corrected chi connectivity index (χ4v) is 2.72. The molecule has 0 bridgehead atoms. The summed E-state index contributed by atoms with van der Waals surface area (Å²) in [6.45, 7) is 3.99. The number of ether oxygens (including phenoxy) is 1. The number of anilines is 1. The van der Waals surface area contributed by atoms with Crippen molar-refractivity contribution in [2.45, 2.75) is 46.0 Å². The summed E-state index contributed by atoms with van der Waals surface area (Å²) in [5, 5.41) is 0. The molecule has 0 fully saturated rings. The number of nitrogens with zero attached hydrogens (tertiary/aromatic N) is 2. The van der Waals surface area contributed by atoms with Crippen LogP contribution in [0.2, 0.25) is 0 Å². The number of hydrogen-bond acceptors (Lipinski definition) is 4. The Labute approximate surface area is 125 Å². The lowest BCUT2D eigenvalue weighted by atomic mass is 10.1. The summed E-state index contributed by atoms with van der Waals surface area (Å²) in [5.74, 6) is 2.66. The molecule has 1 aliphatic rings. The average Bonchev–Trinajstić information content (AvgIpc) is 2.92. The predicted octanol–water partition coefficient (Wildman–Crippen LogP) is 3.60. The fourth-order valence-electron chi connectivity index (χ4n) is 2.72. The van der Waals surface area contributed by atoms with Crippen LogP contribution in [-0.4, -0.2) is 9.97 Å². The highest BCUT2D eigenvalue weighted by Gasteiger charge is 2.14. The monoisotopic (exact) mass is 283 g/mol. The second-order valence-corrected chi connectivity index (χ2v) is 5.59.